The van der Waals surface area contributed by atoms with E-state index in [9.17, 15) is 13.2 Å². The lowest BCUT2D eigenvalue weighted by molar-refractivity contribution is -0.121. The van der Waals surface area contributed by atoms with Gasteiger partial charge in [0.1, 0.15) is 4.21 Å². The minimum atomic E-state index is -3.66. The molecule has 1 N–H and O–H groups in total. The number of rotatable bonds is 6. The van der Waals surface area contributed by atoms with Crippen molar-refractivity contribution >= 4 is 37.0 Å². The van der Waals surface area contributed by atoms with Crippen molar-refractivity contribution in [1.29, 1.82) is 0 Å². The fourth-order valence-electron chi connectivity index (χ4n) is 1.20. The van der Waals surface area contributed by atoms with Gasteiger partial charge in [-0.3, -0.25) is 4.79 Å². The average molecular weight is 296 g/mol. The molecule has 0 spiro atoms. The van der Waals surface area contributed by atoms with E-state index in [1.165, 1.54) is 6.07 Å². The van der Waals surface area contributed by atoms with Gasteiger partial charge in [-0.1, -0.05) is 13.3 Å². The fraction of sp³-hybridized carbons (Fsp3) is 0.500. The second kappa shape index (κ2) is 6.37. The molecule has 96 valence electrons. The standard InChI is InChI=1S/C10H14ClNO3S2/c1-2-3-4-9(13)12-7-8-5-6-10(16-8)17(11,14)15/h5-6H,2-4,7H2,1H3,(H,12,13). The monoisotopic (exact) mass is 295 g/mol. The summed E-state index contributed by atoms with van der Waals surface area (Å²) in [7, 11) is 1.54. The lowest BCUT2D eigenvalue weighted by atomic mass is 10.2. The summed E-state index contributed by atoms with van der Waals surface area (Å²) in [6.45, 7) is 2.36. The molecular formula is C10H14ClNO3S2. The third kappa shape index (κ3) is 5.06. The highest BCUT2D eigenvalue weighted by Gasteiger charge is 2.13. The predicted molar refractivity (Wildman–Crippen MR) is 68.7 cm³/mol. The molecule has 0 aliphatic carbocycles. The van der Waals surface area contributed by atoms with E-state index in [1.54, 1.807) is 6.07 Å². The van der Waals surface area contributed by atoms with E-state index >= 15 is 0 Å². The maximum Gasteiger partial charge on any atom is 0.270 e. The van der Waals surface area contributed by atoms with Crippen molar-refractivity contribution in [1.82, 2.24) is 5.32 Å². The van der Waals surface area contributed by atoms with Gasteiger partial charge in [0, 0.05) is 22.0 Å². The normalized spacial score (nSPS) is 11.4. The van der Waals surface area contributed by atoms with Crippen molar-refractivity contribution in [3.05, 3.63) is 17.0 Å². The first-order valence-electron chi connectivity index (χ1n) is 5.23. The van der Waals surface area contributed by atoms with Crippen LogP contribution in [-0.4, -0.2) is 14.3 Å². The zero-order chi connectivity index (χ0) is 12.9. The molecule has 1 heterocycles. The molecule has 0 saturated heterocycles. The van der Waals surface area contributed by atoms with Crippen molar-refractivity contribution in [2.24, 2.45) is 0 Å². The highest BCUT2D eigenvalue weighted by atomic mass is 35.7. The molecule has 0 unspecified atom stereocenters. The number of halogens is 1. The summed E-state index contributed by atoms with van der Waals surface area (Å²) in [6.07, 6.45) is 2.33. The number of hydrogen-bond acceptors (Lipinski definition) is 4. The number of amides is 1. The minimum Gasteiger partial charge on any atom is -0.351 e. The molecule has 0 aromatic carbocycles. The molecule has 1 amide bonds. The molecule has 0 radical (unpaired) electrons. The third-order valence-electron chi connectivity index (χ3n) is 2.09. The highest BCUT2D eigenvalue weighted by molar-refractivity contribution is 8.15. The first-order chi connectivity index (χ1) is 7.93. The minimum absolute atomic E-state index is 0.0180. The molecule has 0 bridgehead atoms. The molecule has 4 nitrogen and oxygen atoms in total. The molecule has 0 atom stereocenters. The van der Waals surface area contributed by atoms with Gasteiger partial charge < -0.3 is 5.32 Å². The van der Waals surface area contributed by atoms with Crippen molar-refractivity contribution in [2.75, 3.05) is 0 Å². The first-order valence-corrected chi connectivity index (χ1v) is 8.36. The Morgan fingerprint density at radius 2 is 2.18 bits per heavy atom. The number of nitrogens with one attached hydrogen (secondary N) is 1. The maximum absolute atomic E-state index is 11.3. The fourth-order valence-corrected chi connectivity index (χ4v) is 3.26. The Kier molecular flexibility index (Phi) is 5.42. The van der Waals surface area contributed by atoms with Crippen molar-refractivity contribution < 1.29 is 13.2 Å². The summed E-state index contributed by atoms with van der Waals surface area (Å²) in [5.41, 5.74) is 0. The van der Waals surface area contributed by atoms with E-state index in [4.69, 9.17) is 10.7 Å². The topological polar surface area (TPSA) is 63.2 Å². The van der Waals surface area contributed by atoms with Gasteiger partial charge in [0.15, 0.2) is 0 Å². The van der Waals surface area contributed by atoms with Crippen LogP contribution in [0.25, 0.3) is 0 Å². The molecule has 0 aliphatic rings. The molecule has 17 heavy (non-hydrogen) atoms. The van der Waals surface area contributed by atoms with E-state index in [1.807, 2.05) is 6.92 Å². The number of unbranched alkanes of at least 4 members (excludes halogenated alkanes) is 1. The summed E-state index contributed by atoms with van der Waals surface area (Å²) < 4.78 is 22.1. The van der Waals surface area contributed by atoms with Crippen molar-refractivity contribution in [3.8, 4) is 0 Å². The highest BCUT2D eigenvalue weighted by Crippen LogP contribution is 2.24. The Balaban J connectivity index is 2.48. The van der Waals surface area contributed by atoms with Gasteiger partial charge >= 0.3 is 0 Å². The van der Waals surface area contributed by atoms with Gasteiger partial charge in [-0.05, 0) is 18.6 Å². The Bertz CT molecular complexity index is 481. The third-order valence-corrected chi connectivity index (χ3v) is 5.27. The lowest BCUT2D eigenvalue weighted by Gasteiger charge is -2.01. The second-order valence-electron chi connectivity index (χ2n) is 3.54. The van der Waals surface area contributed by atoms with Crippen molar-refractivity contribution in [3.63, 3.8) is 0 Å². The summed E-state index contributed by atoms with van der Waals surface area (Å²) in [5, 5.41) is 2.73. The molecule has 1 aromatic rings. The van der Waals surface area contributed by atoms with E-state index in [0.717, 1.165) is 29.1 Å². The van der Waals surface area contributed by atoms with E-state index in [0.29, 0.717) is 13.0 Å². The van der Waals surface area contributed by atoms with Crippen LogP contribution in [0.15, 0.2) is 16.3 Å². The zero-order valence-electron chi connectivity index (χ0n) is 9.40. The van der Waals surface area contributed by atoms with Crippen LogP contribution in [0.3, 0.4) is 0 Å². The molecular weight excluding hydrogens is 282 g/mol. The van der Waals surface area contributed by atoms with Crippen LogP contribution in [0.5, 0.6) is 0 Å². The molecule has 1 rings (SSSR count). The van der Waals surface area contributed by atoms with Crippen LogP contribution in [0.2, 0.25) is 0 Å². The SMILES string of the molecule is CCCCC(=O)NCc1ccc(S(=O)(=O)Cl)s1. The van der Waals surface area contributed by atoms with Crippen LogP contribution in [0.1, 0.15) is 31.1 Å². The van der Waals surface area contributed by atoms with Crippen LogP contribution in [-0.2, 0) is 20.4 Å². The summed E-state index contributed by atoms with van der Waals surface area (Å²) in [6, 6.07) is 3.10. The summed E-state index contributed by atoms with van der Waals surface area (Å²) in [5.74, 6) is -0.0180. The van der Waals surface area contributed by atoms with E-state index < -0.39 is 9.05 Å². The van der Waals surface area contributed by atoms with Gasteiger partial charge in [0.2, 0.25) is 5.91 Å². The largest absolute Gasteiger partial charge is 0.351 e. The number of carbonyl (C=O) groups is 1. The van der Waals surface area contributed by atoms with Crippen LogP contribution >= 0.6 is 22.0 Å². The van der Waals surface area contributed by atoms with Crippen molar-refractivity contribution in [2.45, 2.75) is 36.9 Å². The molecule has 1 aromatic heterocycles. The molecule has 0 aliphatic heterocycles. The number of carbonyl (C=O) groups excluding carboxylic acids is 1. The van der Waals surface area contributed by atoms with Gasteiger partial charge in [-0.15, -0.1) is 11.3 Å². The van der Waals surface area contributed by atoms with Gasteiger partial charge in [-0.25, -0.2) is 8.42 Å². The van der Waals surface area contributed by atoms with Gasteiger partial charge in [0.25, 0.3) is 9.05 Å². The summed E-state index contributed by atoms with van der Waals surface area (Å²) >= 11 is 1.07. The Hall–Kier alpha value is -0.590. The Morgan fingerprint density at radius 3 is 2.71 bits per heavy atom. The van der Waals surface area contributed by atoms with Gasteiger partial charge in [-0.2, -0.15) is 0 Å². The van der Waals surface area contributed by atoms with Crippen LogP contribution < -0.4 is 5.32 Å². The van der Waals surface area contributed by atoms with E-state index in [-0.39, 0.29) is 10.1 Å². The van der Waals surface area contributed by atoms with Crippen LogP contribution in [0.4, 0.5) is 0 Å². The Labute approximate surface area is 109 Å². The molecule has 0 saturated carbocycles. The van der Waals surface area contributed by atoms with Crippen LogP contribution in [0, 0.1) is 0 Å². The second-order valence-corrected chi connectivity index (χ2v) is 7.50. The number of hydrogen-bond donors (Lipinski definition) is 1. The quantitative estimate of drug-likeness (QED) is 0.820. The summed E-state index contributed by atoms with van der Waals surface area (Å²) in [4.78, 5) is 12.1. The predicted octanol–water partition coefficient (Wildman–Crippen LogP) is 2.48. The molecule has 7 heteroatoms. The lowest BCUT2D eigenvalue weighted by Crippen LogP contribution is -2.21. The number of thiophene rings is 1. The average Bonchev–Trinajstić information content (AvgIpc) is 2.71. The van der Waals surface area contributed by atoms with E-state index in [2.05, 4.69) is 5.32 Å². The first kappa shape index (κ1) is 14.5. The Morgan fingerprint density at radius 1 is 1.47 bits per heavy atom. The molecule has 0 fully saturated rings. The smallest absolute Gasteiger partial charge is 0.270 e. The maximum atomic E-state index is 11.3. The zero-order valence-corrected chi connectivity index (χ0v) is 11.8. The van der Waals surface area contributed by atoms with Gasteiger partial charge in [0.05, 0.1) is 6.54 Å².